The molecule has 0 saturated heterocycles. The van der Waals surface area contributed by atoms with Crippen molar-refractivity contribution >= 4 is 104 Å². The van der Waals surface area contributed by atoms with Crippen LogP contribution in [0, 0.1) is 0 Å². The highest BCUT2D eigenvalue weighted by molar-refractivity contribution is 7.25. The van der Waals surface area contributed by atoms with Crippen LogP contribution < -0.4 is 15.7 Å². The molecule has 3 aromatic heterocycles. The van der Waals surface area contributed by atoms with Crippen LogP contribution in [0.1, 0.15) is 103 Å². The van der Waals surface area contributed by atoms with Gasteiger partial charge in [-0.3, -0.25) is 0 Å². The molecular weight excluding hydrogens is 844 g/mol. The summed E-state index contributed by atoms with van der Waals surface area (Å²) in [5.74, 6) is 0. The molecule has 2 aliphatic carbocycles. The van der Waals surface area contributed by atoms with Gasteiger partial charge in [-0.25, -0.2) is 0 Å². The van der Waals surface area contributed by atoms with E-state index in [4.69, 9.17) is 4.42 Å². The molecule has 15 rings (SSSR count). The van der Waals surface area contributed by atoms with Gasteiger partial charge in [-0.15, -0.1) is 11.3 Å². The van der Waals surface area contributed by atoms with E-state index >= 15 is 0 Å². The van der Waals surface area contributed by atoms with Crippen molar-refractivity contribution in [2.24, 2.45) is 0 Å². The molecule has 0 atom stereocenters. The second kappa shape index (κ2) is 12.6. The first-order chi connectivity index (χ1) is 32.6. The fourth-order valence-electron chi connectivity index (χ4n) is 13.6. The van der Waals surface area contributed by atoms with Crippen LogP contribution in [-0.2, 0) is 21.7 Å². The van der Waals surface area contributed by atoms with Crippen molar-refractivity contribution in [3.63, 3.8) is 0 Å². The van der Waals surface area contributed by atoms with E-state index in [0.29, 0.717) is 0 Å². The van der Waals surface area contributed by atoms with Gasteiger partial charge >= 0.3 is 6.85 Å². The Bertz CT molecular complexity index is 4110. The molecule has 0 saturated carbocycles. The van der Waals surface area contributed by atoms with Gasteiger partial charge in [-0.2, -0.15) is 0 Å². The van der Waals surface area contributed by atoms with Gasteiger partial charge in [-0.1, -0.05) is 135 Å². The molecule has 5 heteroatoms. The molecule has 8 aromatic carbocycles. The second-order valence-electron chi connectivity index (χ2n) is 23.5. The van der Waals surface area contributed by atoms with Gasteiger partial charge in [0.05, 0.1) is 11.0 Å². The fraction of sp³-hybridized carbons (Fsp3) is 0.238. The predicted octanol–water partition coefficient (Wildman–Crippen LogP) is 16.2. The Morgan fingerprint density at radius 2 is 1.26 bits per heavy atom. The molecule has 0 bridgehead atoms. The summed E-state index contributed by atoms with van der Waals surface area (Å²) >= 11 is 1.97. The van der Waals surface area contributed by atoms with Crippen LogP contribution in [0.25, 0.3) is 91.9 Å². The zero-order valence-electron chi connectivity index (χ0n) is 40.4. The molecular formula is C63H53BN2OS. The Labute approximate surface area is 402 Å². The number of aromatic nitrogens is 1. The van der Waals surface area contributed by atoms with Gasteiger partial charge in [-0.05, 0) is 145 Å². The van der Waals surface area contributed by atoms with E-state index in [0.717, 1.165) is 16.6 Å². The lowest BCUT2D eigenvalue weighted by atomic mass is 9.43. The van der Waals surface area contributed by atoms with Crippen molar-refractivity contribution in [1.82, 2.24) is 4.57 Å². The summed E-state index contributed by atoms with van der Waals surface area (Å²) in [6.45, 7) is 21.5. The van der Waals surface area contributed by atoms with Crippen LogP contribution in [0.15, 0.2) is 138 Å². The standard InChI is InChI=1S/C63H53BN2OS/c1-60(2,3)34-18-20-35(21-19-34)66-50-30-43-42-28-46-47(62(6,7)27-26-61(46,4)5)33-55(42)68-54(43)31-41(50)37-22-23-39-56-49(24-25-53-57(56)38-15-11-13-17-52(38)67-53)65-51-32-45-40(29-48(51)64(66)58(37)59(39)65)36-14-10-12-16-44(36)63(45,8)9/h10-25,28-33H,26-27H2,1-9H3. The number of benzene rings is 8. The first-order valence-corrected chi connectivity index (χ1v) is 25.6. The van der Waals surface area contributed by atoms with E-state index < -0.39 is 0 Å². The Balaban J connectivity index is 1.11. The molecule has 4 aliphatic rings. The molecule has 3 nitrogen and oxygen atoms in total. The molecule has 0 fully saturated rings. The highest BCUT2D eigenvalue weighted by Crippen LogP contribution is 2.55. The maximum absolute atomic E-state index is 6.63. The number of anilines is 2. The average molecular weight is 897 g/mol. The minimum atomic E-state index is -0.157. The molecule has 11 aromatic rings. The number of fused-ring (bicyclic) bond motifs is 19. The lowest BCUT2D eigenvalue weighted by molar-refractivity contribution is 0.332. The summed E-state index contributed by atoms with van der Waals surface area (Å²) in [7, 11) is 0. The van der Waals surface area contributed by atoms with Crippen molar-refractivity contribution in [3.05, 3.63) is 161 Å². The Kier molecular flexibility index (Phi) is 7.28. The normalized spacial score (nSPS) is 17.1. The molecule has 330 valence electrons. The van der Waals surface area contributed by atoms with Crippen molar-refractivity contribution < 1.29 is 4.42 Å². The lowest BCUT2D eigenvalue weighted by Gasteiger charge is -2.42. The Morgan fingerprint density at radius 1 is 0.544 bits per heavy atom. The number of nitrogens with zero attached hydrogens (tertiary/aromatic N) is 2. The van der Waals surface area contributed by atoms with Crippen molar-refractivity contribution in [2.45, 2.75) is 96.8 Å². The lowest BCUT2D eigenvalue weighted by Crippen LogP contribution is -2.60. The van der Waals surface area contributed by atoms with E-state index in [2.05, 4.69) is 205 Å². The highest BCUT2D eigenvalue weighted by atomic mass is 32.1. The van der Waals surface area contributed by atoms with E-state index in [1.807, 2.05) is 11.3 Å². The van der Waals surface area contributed by atoms with Crippen LogP contribution in [-0.4, -0.2) is 11.4 Å². The van der Waals surface area contributed by atoms with Gasteiger partial charge in [0.2, 0.25) is 0 Å². The van der Waals surface area contributed by atoms with Gasteiger partial charge in [0, 0.05) is 69.8 Å². The molecule has 0 radical (unpaired) electrons. The minimum Gasteiger partial charge on any atom is -0.456 e. The third-order valence-corrected chi connectivity index (χ3v) is 18.5. The van der Waals surface area contributed by atoms with E-state index in [1.165, 1.54) is 138 Å². The van der Waals surface area contributed by atoms with Crippen molar-refractivity contribution in [2.75, 3.05) is 4.81 Å². The number of rotatable bonds is 1. The number of furan rings is 1. The Morgan fingerprint density at radius 3 is 2.06 bits per heavy atom. The maximum Gasteiger partial charge on any atom is 0.333 e. The topological polar surface area (TPSA) is 21.3 Å². The summed E-state index contributed by atoms with van der Waals surface area (Å²) in [5, 5.41) is 7.65. The molecule has 0 unspecified atom stereocenters. The number of hydrogen-bond donors (Lipinski definition) is 0. The van der Waals surface area contributed by atoms with Gasteiger partial charge in [0.1, 0.15) is 11.2 Å². The summed E-state index contributed by atoms with van der Waals surface area (Å²) in [6, 6.07) is 52.2. The zero-order chi connectivity index (χ0) is 46.1. The SMILES string of the molecule is CC(C)(C)c1ccc(N2B3c4cc5c(cc4-n4c6ccc7oc8ccccc8c7c6c6ccc(c3c64)-c3cc4sc6cc7c(cc6c4cc32)C(C)(C)CCC7(C)C)C(C)(C)c2ccccc2-5)cc1. The summed E-state index contributed by atoms with van der Waals surface area (Å²) in [5.41, 5.74) is 23.5. The van der Waals surface area contributed by atoms with Crippen LogP contribution in [0.5, 0.6) is 0 Å². The van der Waals surface area contributed by atoms with Crippen LogP contribution in [0.4, 0.5) is 11.4 Å². The largest absolute Gasteiger partial charge is 0.456 e. The molecule has 2 aliphatic heterocycles. The molecule has 0 amide bonds. The van der Waals surface area contributed by atoms with Crippen LogP contribution in [0.2, 0.25) is 0 Å². The maximum atomic E-state index is 6.63. The minimum absolute atomic E-state index is 0.0298. The number of thiophene rings is 1. The first kappa shape index (κ1) is 39.4. The van der Waals surface area contributed by atoms with Crippen LogP contribution in [0.3, 0.4) is 0 Å². The first-order valence-electron chi connectivity index (χ1n) is 24.7. The van der Waals surface area contributed by atoms with Gasteiger partial charge < -0.3 is 13.8 Å². The second-order valence-corrected chi connectivity index (χ2v) is 24.6. The molecule has 0 N–H and O–H groups in total. The monoisotopic (exact) mass is 896 g/mol. The summed E-state index contributed by atoms with van der Waals surface area (Å²) in [6.07, 6.45) is 2.41. The summed E-state index contributed by atoms with van der Waals surface area (Å²) in [4.78, 5) is 2.74. The third kappa shape index (κ3) is 4.86. The number of hydrogen-bond acceptors (Lipinski definition) is 3. The van der Waals surface area contributed by atoms with Gasteiger partial charge in [0.25, 0.3) is 0 Å². The quantitative estimate of drug-likeness (QED) is 0.153. The molecule has 5 heterocycles. The third-order valence-electron chi connectivity index (χ3n) is 17.4. The Hall–Kier alpha value is -6.56. The van der Waals surface area contributed by atoms with Crippen molar-refractivity contribution in [3.8, 4) is 27.9 Å². The van der Waals surface area contributed by atoms with E-state index in [9.17, 15) is 0 Å². The zero-order valence-corrected chi connectivity index (χ0v) is 41.2. The summed E-state index contributed by atoms with van der Waals surface area (Å²) < 4.78 is 12.0. The smallest absolute Gasteiger partial charge is 0.333 e. The molecule has 68 heavy (non-hydrogen) atoms. The highest BCUT2D eigenvalue weighted by Gasteiger charge is 2.47. The van der Waals surface area contributed by atoms with Crippen LogP contribution >= 0.6 is 11.3 Å². The van der Waals surface area contributed by atoms with Gasteiger partial charge in [0.15, 0.2) is 0 Å². The number of para-hydroxylation sites is 1. The predicted molar refractivity (Wildman–Crippen MR) is 292 cm³/mol. The van der Waals surface area contributed by atoms with E-state index in [-0.39, 0.29) is 28.5 Å². The average Bonchev–Trinajstić information content (AvgIpc) is 4.04. The van der Waals surface area contributed by atoms with E-state index in [1.54, 1.807) is 0 Å². The molecule has 0 spiro atoms. The van der Waals surface area contributed by atoms with Crippen molar-refractivity contribution in [1.29, 1.82) is 0 Å². The fourth-order valence-corrected chi connectivity index (χ4v) is 14.8.